The zero-order valence-electron chi connectivity index (χ0n) is 15.3. The Labute approximate surface area is 166 Å². The molecule has 0 spiro atoms. The number of thioether (sulfide) groups is 1. The summed E-state index contributed by atoms with van der Waals surface area (Å²) in [4.78, 5) is 12.6. The van der Waals surface area contributed by atoms with Crippen LogP contribution in [0.3, 0.4) is 0 Å². The average Bonchev–Trinajstić information content (AvgIpc) is 2.99. The largest absolute Gasteiger partial charge is 0.299 e. The number of hydrogen-bond donors (Lipinski definition) is 1. The molecule has 1 aromatic carbocycles. The van der Waals surface area contributed by atoms with Gasteiger partial charge >= 0.3 is 0 Å². The van der Waals surface area contributed by atoms with Crippen molar-refractivity contribution in [3.05, 3.63) is 30.1 Å². The van der Waals surface area contributed by atoms with Gasteiger partial charge in [0.05, 0.1) is 11.9 Å². The molecule has 1 unspecified atom stereocenters. The van der Waals surface area contributed by atoms with Crippen LogP contribution in [-0.2, 0) is 14.8 Å². The fourth-order valence-electron chi connectivity index (χ4n) is 2.19. The summed E-state index contributed by atoms with van der Waals surface area (Å²) in [6, 6.07) is 3.98. The third-order valence-electron chi connectivity index (χ3n) is 3.33. The zero-order valence-corrected chi connectivity index (χ0v) is 17.8. The number of carbonyl (C=O) groups excluding carboxylic acids is 1. The molecule has 0 saturated heterocycles. The summed E-state index contributed by atoms with van der Waals surface area (Å²) >= 11 is 2.76. The molecule has 11 heteroatoms. The lowest BCUT2D eigenvalue weighted by molar-refractivity contribution is -0.116. The van der Waals surface area contributed by atoms with Gasteiger partial charge in [-0.3, -0.25) is 14.4 Å². The molecular weight excluding hydrogens is 411 g/mol. The van der Waals surface area contributed by atoms with E-state index < -0.39 is 27.8 Å². The number of sulfonamides is 1. The molecule has 1 heterocycles. The number of nitrogens with one attached hydrogen (secondary N) is 1. The van der Waals surface area contributed by atoms with E-state index in [4.69, 9.17) is 0 Å². The lowest BCUT2D eigenvalue weighted by Gasteiger charge is -2.27. The molecule has 0 aliphatic rings. The maximum Gasteiger partial charge on any atom is 0.249 e. The maximum absolute atomic E-state index is 13.5. The molecule has 1 atom stereocenters. The summed E-state index contributed by atoms with van der Waals surface area (Å²) in [6.45, 7) is 5.60. The molecule has 1 amide bonds. The van der Waals surface area contributed by atoms with E-state index in [-0.39, 0.29) is 10.8 Å². The number of benzene rings is 1. The van der Waals surface area contributed by atoms with E-state index in [0.717, 1.165) is 26.7 Å². The lowest BCUT2D eigenvalue weighted by Crippen LogP contribution is -2.45. The average molecular weight is 433 g/mol. The molecule has 2 rings (SSSR count). The number of halogens is 1. The summed E-state index contributed by atoms with van der Waals surface area (Å²) < 4.78 is 39.5. The van der Waals surface area contributed by atoms with E-state index in [9.17, 15) is 17.6 Å². The topological polar surface area (TPSA) is 92.3 Å². The van der Waals surface area contributed by atoms with Gasteiger partial charge in [0.15, 0.2) is 4.34 Å². The highest BCUT2D eigenvalue weighted by molar-refractivity contribution is 8.01. The van der Waals surface area contributed by atoms with Gasteiger partial charge in [0.25, 0.3) is 0 Å². The number of hydrogen-bond acceptors (Lipinski definition) is 7. The van der Waals surface area contributed by atoms with Crippen LogP contribution in [0.1, 0.15) is 20.8 Å². The summed E-state index contributed by atoms with van der Waals surface area (Å²) in [6.07, 6.45) is 0.966. The van der Waals surface area contributed by atoms with Crippen molar-refractivity contribution < 1.29 is 17.6 Å². The molecule has 0 aliphatic heterocycles. The Morgan fingerprint density at radius 1 is 1.33 bits per heavy atom. The van der Waals surface area contributed by atoms with Crippen LogP contribution in [0.2, 0.25) is 0 Å². The molecular formula is C16H21FN4O3S3. The Bertz CT molecular complexity index is 902. The minimum atomic E-state index is -3.82. The minimum absolute atomic E-state index is 0.0746. The van der Waals surface area contributed by atoms with E-state index in [1.165, 1.54) is 48.2 Å². The zero-order chi connectivity index (χ0) is 20.2. The summed E-state index contributed by atoms with van der Waals surface area (Å²) in [5.41, 5.74) is 0.0746. The number of anilines is 2. The van der Waals surface area contributed by atoms with Gasteiger partial charge in [0, 0.05) is 5.75 Å². The molecule has 0 aliphatic carbocycles. The molecule has 2 aromatic rings. The van der Waals surface area contributed by atoms with Gasteiger partial charge in [0.2, 0.25) is 21.1 Å². The second-order valence-electron chi connectivity index (χ2n) is 6.28. The normalized spacial score (nSPS) is 12.8. The van der Waals surface area contributed by atoms with E-state index in [1.807, 2.05) is 0 Å². The minimum Gasteiger partial charge on any atom is -0.299 e. The maximum atomic E-state index is 13.5. The van der Waals surface area contributed by atoms with E-state index in [1.54, 1.807) is 0 Å². The SMILES string of the molecule is CC(C)CSc1nnc(NC(=O)C(C)N(c2cccc(F)c2)S(C)(=O)=O)s1. The second-order valence-corrected chi connectivity index (χ2v) is 10.4. The first-order chi connectivity index (χ1) is 12.6. The third-order valence-corrected chi connectivity index (χ3v) is 6.97. The molecule has 1 N–H and O–H groups in total. The quantitative estimate of drug-likeness (QED) is 0.509. The van der Waals surface area contributed by atoms with Crippen molar-refractivity contribution in [3.8, 4) is 0 Å². The highest BCUT2D eigenvalue weighted by Gasteiger charge is 2.30. The predicted molar refractivity (Wildman–Crippen MR) is 107 cm³/mol. The van der Waals surface area contributed by atoms with Crippen LogP contribution in [0.15, 0.2) is 28.6 Å². The van der Waals surface area contributed by atoms with Crippen molar-refractivity contribution in [2.75, 3.05) is 21.6 Å². The Hall–Kier alpha value is -1.72. The van der Waals surface area contributed by atoms with Crippen molar-refractivity contribution in [2.45, 2.75) is 31.2 Å². The van der Waals surface area contributed by atoms with Crippen molar-refractivity contribution in [1.29, 1.82) is 0 Å². The van der Waals surface area contributed by atoms with Gasteiger partial charge in [-0.2, -0.15) is 0 Å². The summed E-state index contributed by atoms with van der Waals surface area (Å²) in [5.74, 6) is 0.193. The van der Waals surface area contributed by atoms with E-state index in [2.05, 4.69) is 29.4 Å². The molecule has 0 saturated carbocycles. The van der Waals surface area contributed by atoms with Gasteiger partial charge in [0.1, 0.15) is 11.9 Å². The Balaban J connectivity index is 2.16. The molecule has 1 aromatic heterocycles. The predicted octanol–water partition coefficient (Wildman–Crippen LogP) is 3.22. The molecule has 0 radical (unpaired) electrons. The number of nitrogens with zero attached hydrogens (tertiary/aromatic N) is 3. The second kappa shape index (κ2) is 8.98. The van der Waals surface area contributed by atoms with Crippen LogP contribution in [0, 0.1) is 11.7 Å². The van der Waals surface area contributed by atoms with Gasteiger partial charge in [-0.15, -0.1) is 10.2 Å². The molecule has 0 fully saturated rings. The first-order valence-electron chi connectivity index (χ1n) is 8.10. The van der Waals surface area contributed by atoms with Gasteiger partial charge in [-0.1, -0.05) is 43.0 Å². The summed E-state index contributed by atoms with van der Waals surface area (Å²) in [7, 11) is -3.82. The molecule has 7 nitrogen and oxygen atoms in total. The third kappa shape index (κ3) is 6.15. The Morgan fingerprint density at radius 3 is 2.63 bits per heavy atom. The number of rotatable bonds is 8. The van der Waals surface area contributed by atoms with Crippen molar-refractivity contribution in [3.63, 3.8) is 0 Å². The van der Waals surface area contributed by atoms with Gasteiger partial charge in [-0.05, 0) is 31.0 Å². The Kier molecular flexibility index (Phi) is 7.18. The molecule has 0 bridgehead atoms. The van der Waals surface area contributed by atoms with E-state index in [0.29, 0.717) is 5.92 Å². The van der Waals surface area contributed by atoms with Crippen LogP contribution >= 0.6 is 23.1 Å². The first-order valence-corrected chi connectivity index (χ1v) is 11.7. The molecule has 27 heavy (non-hydrogen) atoms. The van der Waals surface area contributed by atoms with Gasteiger partial charge in [-0.25, -0.2) is 12.8 Å². The molecule has 148 valence electrons. The smallest absolute Gasteiger partial charge is 0.249 e. The number of carbonyl (C=O) groups is 1. The fourth-order valence-corrected chi connectivity index (χ4v) is 5.09. The standard InChI is InChI=1S/C16H21FN4O3S3/c1-10(2)9-25-16-20-19-15(26-16)18-14(22)11(3)21(27(4,23)24)13-7-5-6-12(17)8-13/h5-8,10-11H,9H2,1-4H3,(H,18,19,22). The van der Waals surface area contributed by atoms with Crippen LogP contribution < -0.4 is 9.62 Å². The van der Waals surface area contributed by atoms with Gasteiger partial charge < -0.3 is 0 Å². The van der Waals surface area contributed by atoms with Crippen molar-refractivity contribution >= 4 is 49.8 Å². The van der Waals surface area contributed by atoms with Crippen LogP contribution in [-0.4, -0.2) is 42.6 Å². The highest BCUT2D eigenvalue weighted by Crippen LogP contribution is 2.28. The first kappa shape index (κ1) is 21.6. The van der Waals surface area contributed by atoms with Crippen molar-refractivity contribution in [1.82, 2.24) is 10.2 Å². The van der Waals surface area contributed by atoms with Crippen LogP contribution in [0.5, 0.6) is 0 Å². The summed E-state index contributed by atoms with van der Waals surface area (Å²) in [5, 5.41) is 10.8. The number of aromatic nitrogens is 2. The number of amides is 1. The lowest BCUT2D eigenvalue weighted by atomic mass is 10.2. The van der Waals surface area contributed by atoms with Crippen LogP contribution in [0.4, 0.5) is 15.2 Å². The van der Waals surface area contributed by atoms with Crippen molar-refractivity contribution in [2.24, 2.45) is 5.92 Å². The monoisotopic (exact) mass is 432 g/mol. The Morgan fingerprint density at radius 2 is 2.04 bits per heavy atom. The van der Waals surface area contributed by atoms with E-state index >= 15 is 0 Å². The highest BCUT2D eigenvalue weighted by atomic mass is 32.2. The fraction of sp³-hybridized carbons (Fsp3) is 0.438. The van der Waals surface area contributed by atoms with Crippen LogP contribution in [0.25, 0.3) is 0 Å².